The van der Waals surface area contributed by atoms with Crippen LogP contribution < -0.4 is 20.7 Å². The van der Waals surface area contributed by atoms with Crippen LogP contribution in [0.1, 0.15) is 29.9 Å². The second kappa shape index (κ2) is 7.80. The minimum atomic E-state index is -0.680. The molecule has 2 atom stereocenters. The molecule has 2 amide bonds. The molecule has 0 unspecified atom stereocenters. The van der Waals surface area contributed by atoms with Crippen LogP contribution in [-0.4, -0.2) is 32.3 Å². The van der Waals surface area contributed by atoms with Gasteiger partial charge < -0.3 is 20.7 Å². The van der Waals surface area contributed by atoms with Crippen molar-refractivity contribution >= 4 is 17.6 Å². The highest BCUT2D eigenvalue weighted by atomic mass is 35.5. The molecule has 2 aromatic rings. The normalized spacial score (nSPS) is 22.2. The fraction of sp³-hybridized carbons (Fsp3) is 0.381. The van der Waals surface area contributed by atoms with Crippen molar-refractivity contribution in [1.29, 1.82) is 0 Å². The summed E-state index contributed by atoms with van der Waals surface area (Å²) < 4.78 is 33.9. The smallest absolute Gasteiger partial charge is 0.315 e. The number of rotatable bonds is 5. The summed E-state index contributed by atoms with van der Waals surface area (Å²) in [5, 5.41) is 9.61. The van der Waals surface area contributed by atoms with Crippen LogP contribution in [0.4, 0.5) is 13.6 Å². The van der Waals surface area contributed by atoms with E-state index in [9.17, 15) is 13.6 Å². The van der Waals surface area contributed by atoms with Gasteiger partial charge in [0.25, 0.3) is 0 Å². The van der Waals surface area contributed by atoms with E-state index in [2.05, 4.69) is 16.0 Å². The molecule has 0 aromatic heterocycles. The second-order valence-electron chi connectivity index (χ2n) is 7.57. The molecule has 154 valence electrons. The topological polar surface area (TPSA) is 62.4 Å². The van der Waals surface area contributed by atoms with Gasteiger partial charge in [-0.15, -0.1) is 0 Å². The minimum absolute atomic E-state index is 0.0444. The third kappa shape index (κ3) is 4.02. The first-order valence-corrected chi connectivity index (χ1v) is 9.88. The Morgan fingerprint density at radius 3 is 2.55 bits per heavy atom. The number of benzene rings is 2. The zero-order valence-electron chi connectivity index (χ0n) is 15.9. The maximum Gasteiger partial charge on any atom is 0.315 e. The number of hydrogen-bond acceptors (Lipinski definition) is 3. The highest BCUT2D eigenvalue weighted by Crippen LogP contribution is 2.46. The highest BCUT2D eigenvalue weighted by molar-refractivity contribution is 6.30. The summed E-state index contributed by atoms with van der Waals surface area (Å²) in [7, 11) is 1.35. The molecular formula is C21H22ClF2N3O2. The molecule has 2 aliphatic rings. The molecule has 3 N–H and O–H groups in total. The lowest BCUT2D eigenvalue weighted by molar-refractivity contribution is 0.231. The van der Waals surface area contributed by atoms with Gasteiger partial charge in [-0.2, -0.15) is 0 Å². The van der Waals surface area contributed by atoms with Crippen molar-refractivity contribution in [3.05, 3.63) is 64.2 Å². The van der Waals surface area contributed by atoms with Crippen molar-refractivity contribution in [2.75, 3.05) is 20.2 Å². The molecule has 1 saturated carbocycles. The Bertz CT molecular complexity index is 913. The van der Waals surface area contributed by atoms with E-state index in [0.29, 0.717) is 18.1 Å². The van der Waals surface area contributed by atoms with Gasteiger partial charge in [0.1, 0.15) is 17.4 Å². The molecular weight excluding hydrogens is 400 g/mol. The van der Waals surface area contributed by atoms with Crippen molar-refractivity contribution in [3.63, 3.8) is 0 Å². The van der Waals surface area contributed by atoms with Crippen LogP contribution >= 0.6 is 11.6 Å². The third-order valence-electron chi connectivity index (χ3n) is 5.67. The molecule has 4 rings (SSSR count). The van der Waals surface area contributed by atoms with E-state index in [1.54, 1.807) is 6.07 Å². The van der Waals surface area contributed by atoms with E-state index in [0.717, 1.165) is 30.5 Å². The van der Waals surface area contributed by atoms with Crippen LogP contribution in [0, 0.1) is 11.6 Å². The van der Waals surface area contributed by atoms with Crippen LogP contribution in [0.25, 0.3) is 0 Å². The zero-order chi connectivity index (χ0) is 20.6. The highest BCUT2D eigenvalue weighted by Gasteiger charge is 2.46. The summed E-state index contributed by atoms with van der Waals surface area (Å²) >= 11 is 6.07. The number of methoxy groups -OCH3 is 1. The number of ether oxygens (including phenoxy) is 1. The number of amides is 2. The van der Waals surface area contributed by atoms with E-state index >= 15 is 0 Å². The van der Waals surface area contributed by atoms with Gasteiger partial charge in [0.2, 0.25) is 0 Å². The first kappa shape index (κ1) is 19.9. The average molecular weight is 422 g/mol. The van der Waals surface area contributed by atoms with E-state index in [4.69, 9.17) is 16.3 Å². The van der Waals surface area contributed by atoms with Crippen LogP contribution in [0.15, 0.2) is 36.4 Å². The first-order valence-electron chi connectivity index (χ1n) is 9.50. The van der Waals surface area contributed by atoms with Crippen LogP contribution in [0.5, 0.6) is 5.75 Å². The molecule has 29 heavy (non-hydrogen) atoms. The molecule has 1 aliphatic carbocycles. The van der Waals surface area contributed by atoms with Crippen LogP contribution in [0.2, 0.25) is 5.02 Å². The summed E-state index contributed by atoms with van der Waals surface area (Å²) in [5.74, 6) is -1.76. The predicted molar refractivity (Wildman–Crippen MR) is 106 cm³/mol. The SMILES string of the molecule is COc1cc(F)c([C@@H]2CNC[C@H]2NC(=O)NC2(c3cccc(Cl)c3)CC2)c(F)c1. The van der Waals surface area contributed by atoms with Gasteiger partial charge in [0, 0.05) is 41.7 Å². The summed E-state index contributed by atoms with van der Waals surface area (Å²) in [6.07, 6.45) is 1.63. The summed E-state index contributed by atoms with van der Waals surface area (Å²) in [6.45, 7) is 0.789. The molecule has 1 heterocycles. The largest absolute Gasteiger partial charge is 0.497 e. The number of carbonyl (C=O) groups is 1. The van der Waals surface area contributed by atoms with Gasteiger partial charge in [0.15, 0.2) is 0 Å². The van der Waals surface area contributed by atoms with Crippen molar-refractivity contribution in [2.24, 2.45) is 0 Å². The molecule has 5 nitrogen and oxygen atoms in total. The number of carbonyl (C=O) groups excluding carboxylic acids is 1. The molecule has 2 aromatic carbocycles. The molecule has 0 radical (unpaired) electrons. The van der Waals surface area contributed by atoms with E-state index in [1.807, 2.05) is 18.2 Å². The Hall–Kier alpha value is -2.38. The summed E-state index contributed by atoms with van der Waals surface area (Å²) in [5.41, 5.74) is 0.471. The summed E-state index contributed by atoms with van der Waals surface area (Å²) in [6, 6.07) is 8.92. The molecule has 8 heteroatoms. The molecule has 1 saturated heterocycles. The fourth-order valence-electron chi connectivity index (χ4n) is 3.99. The molecule has 2 fully saturated rings. The predicted octanol–water partition coefficient (Wildman–Crippen LogP) is 3.67. The van der Waals surface area contributed by atoms with Gasteiger partial charge >= 0.3 is 6.03 Å². The molecule has 0 spiro atoms. The monoisotopic (exact) mass is 421 g/mol. The average Bonchev–Trinajstić information content (AvgIpc) is 3.33. The lowest BCUT2D eigenvalue weighted by Gasteiger charge is -2.24. The van der Waals surface area contributed by atoms with E-state index in [-0.39, 0.29) is 17.3 Å². The van der Waals surface area contributed by atoms with Crippen LogP contribution in [-0.2, 0) is 5.54 Å². The van der Waals surface area contributed by atoms with E-state index < -0.39 is 29.1 Å². The van der Waals surface area contributed by atoms with Gasteiger partial charge in [-0.1, -0.05) is 23.7 Å². The summed E-state index contributed by atoms with van der Waals surface area (Å²) in [4.78, 5) is 12.7. The Morgan fingerprint density at radius 1 is 1.21 bits per heavy atom. The van der Waals surface area contributed by atoms with Crippen molar-refractivity contribution in [2.45, 2.75) is 30.3 Å². The Kier molecular flexibility index (Phi) is 5.36. The Morgan fingerprint density at radius 2 is 1.93 bits per heavy atom. The second-order valence-corrected chi connectivity index (χ2v) is 8.00. The van der Waals surface area contributed by atoms with E-state index in [1.165, 1.54) is 7.11 Å². The standard InChI is InChI=1S/C21H22ClF2N3O2/c1-29-14-8-16(23)19(17(24)9-14)15-10-25-11-18(15)26-20(28)27-21(5-6-21)12-3-2-4-13(22)7-12/h2-4,7-9,15,18,25H,5-6,10-11H2,1H3,(H2,26,27,28)/t15-,18-/m1/s1. The maximum atomic E-state index is 14.5. The van der Waals surface area contributed by atoms with Crippen molar-refractivity contribution in [1.82, 2.24) is 16.0 Å². The third-order valence-corrected chi connectivity index (χ3v) is 5.90. The van der Waals surface area contributed by atoms with Gasteiger partial charge in [-0.05, 0) is 30.5 Å². The van der Waals surface area contributed by atoms with Crippen molar-refractivity contribution < 1.29 is 18.3 Å². The quantitative estimate of drug-likeness (QED) is 0.690. The zero-order valence-corrected chi connectivity index (χ0v) is 16.7. The fourth-order valence-corrected chi connectivity index (χ4v) is 4.18. The lowest BCUT2D eigenvalue weighted by atomic mass is 9.93. The molecule has 0 bridgehead atoms. The van der Waals surface area contributed by atoms with Gasteiger partial charge in [-0.25, -0.2) is 13.6 Å². The Labute approximate surface area is 172 Å². The first-order chi connectivity index (χ1) is 13.9. The minimum Gasteiger partial charge on any atom is -0.497 e. The Balaban J connectivity index is 1.47. The lowest BCUT2D eigenvalue weighted by Crippen LogP contribution is -2.48. The molecule has 1 aliphatic heterocycles. The van der Waals surface area contributed by atoms with Crippen LogP contribution in [0.3, 0.4) is 0 Å². The van der Waals surface area contributed by atoms with Crippen molar-refractivity contribution in [3.8, 4) is 5.75 Å². The number of nitrogens with one attached hydrogen (secondary N) is 3. The number of halogens is 3. The maximum absolute atomic E-state index is 14.5. The van der Waals surface area contributed by atoms with Gasteiger partial charge in [0.05, 0.1) is 18.7 Å². The number of hydrogen-bond donors (Lipinski definition) is 3. The van der Waals surface area contributed by atoms with Gasteiger partial charge in [-0.3, -0.25) is 0 Å². The number of urea groups is 1.